The molecular formula is C12H23NO5. The van der Waals surface area contributed by atoms with E-state index in [9.17, 15) is 9.59 Å². The van der Waals surface area contributed by atoms with E-state index in [4.69, 9.17) is 14.2 Å². The first-order valence-electron chi connectivity index (χ1n) is 6.14. The quantitative estimate of drug-likeness (QED) is 0.464. The number of ether oxygens (including phenoxy) is 3. The number of carbonyl (C=O) groups excluding carboxylic acids is 2. The molecule has 0 rings (SSSR count). The number of rotatable bonds is 9. The van der Waals surface area contributed by atoms with Gasteiger partial charge in [0.1, 0.15) is 13.2 Å². The molecule has 0 saturated carbocycles. The van der Waals surface area contributed by atoms with Crippen LogP contribution in [-0.4, -0.2) is 57.5 Å². The number of hydrogen-bond donors (Lipinski definition) is 0. The van der Waals surface area contributed by atoms with Crippen LogP contribution in [0.25, 0.3) is 0 Å². The van der Waals surface area contributed by atoms with Crippen LogP contribution in [0.1, 0.15) is 26.2 Å². The topological polar surface area (TPSA) is 65.1 Å². The highest BCUT2D eigenvalue weighted by atomic mass is 16.6. The van der Waals surface area contributed by atoms with E-state index in [1.165, 1.54) is 19.1 Å². The van der Waals surface area contributed by atoms with Crippen LogP contribution in [0.15, 0.2) is 0 Å². The third kappa shape index (κ3) is 8.81. The SMILES string of the molecule is CCCCCOC(=O)CN(C)C(=O)OCCOC. The highest BCUT2D eigenvalue weighted by molar-refractivity contribution is 5.77. The van der Waals surface area contributed by atoms with Crippen LogP contribution in [-0.2, 0) is 19.0 Å². The molecule has 0 aromatic heterocycles. The molecule has 6 heteroatoms. The van der Waals surface area contributed by atoms with Crippen molar-refractivity contribution in [2.45, 2.75) is 26.2 Å². The van der Waals surface area contributed by atoms with E-state index in [2.05, 4.69) is 6.92 Å². The van der Waals surface area contributed by atoms with Crippen molar-refractivity contribution >= 4 is 12.1 Å². The van der Waals surface area contributed by atoms with Crippen LogP contribution in [0.3, 0.4) is 0 Å². The number of methoxy groups -OCH3 is 1. The first kappa shape index (κ1) is 16.7. The minimum Gasteiger partial charge on any atom is -0.464 e. The number of esters is 1. The number of carbonyl (C=O) groups is 2. The van der Waals surface area contributed by atoms with Crippen LogP contribution in [0.4, 0.5) is 4.79 Å². The van der Waals surface area contributed by atoms with Crippen molar-refractivity contribution in [1.29, 1.82) is 0 Å². The summed E-state index contributed by atoms with van der Waals surface area (Å²) in [6.45, 7) is 2.88. The maximum absolute atomic E-state index is 11.4. The van der Waals surface area contributed by atoms with Gasteiger partial charge >= 0.3 is 12.1 Å². The number of amides is 1. The van der Waals surface area contributed by atoms with Crippen LogP contribution < -0.4 is 0 Å². The molecule has 0 bridgehead atoms. The number of likely N-dealkylation sites (N-methyl/N-ethyl adjacent to an activating group) is 1. The molecule has 0 heterocycles. The van der Waals surface area contributed by atoms with Crippen molar-refractivity contribution in [2.75, 3.05) is 40.5 Å². The van der Waals surface area contributed by atoms with Crippen molar-refractivity contribution in [3.05, 3.63) is 0 Å². The molecule has 0 aliphatic carbocycles. The Morgan fingerprint density at radius 3 is 2.39 bits per heavy atom. The first-order chi connectivity index (χ1) is 8.61. The van der Waals surface area contributed by atoms with Gasteiger partial charge in [-0.2, -0.15) is 0 Å². The van der Waals surface area contributed by atoms with Crippen LogP contribution in [0.2, 0.25) is 0 Å². The molecule has 0 saturated heterocycles. The predicted octanol–water partition coefficient (Wildman–Crippen LogP) is 1.43. The van der Waals surface area contributed by atoms with E-state index < -0.39 is 12.1 Å². The number of nitrogens with zero attached hydrogens (tertiary/aromatic N) is 1. The van der Waals surface area contributed by atoms with E-state index in [0.717, 1.165) is 19.3 Å². The van der Waals surface area contributed by atoms with Gasteiger partial charge in [-0.1, -0.05) is 19.8 Å². The summed E-state index contributed by atoms with van der Waals surface area (Å²) >= 11 is 0. The van der Waals surface area contributed by atoms with Gasteiger partial charge in [0.25, 0.3) is 0 Å². The molecule has 0 aromatic carbocycles. The highest BCUT2D eigenvalue weighted by Gasteiger charge is 2.14. The lowest BCUT2D eigenvalue weighted by Gasteiger charge is -2.15. The molecule has 0 aromatic rings. The van der Waals surface area contributed by atoms with Gasteiger partial charge in [-0.25, -0.2) is 4.79 Å². The Kier molecular flexibility index (Phi) is 10.0. The van der Waals surface area contributed by atoms with E-state index in [1.54, 1.807) is 0 Å². The van der Waals surface area contributed by atoms with Gasteiger partial charge in [-0.05, 0) is 6.42 Å². The Morgan fingerprint density at radius 2 is 1.78 bits per heavy atom. The summed E-state index contributed by atoms with van der Waals surface area (Å²) in [5.41, 5.74) is 0. The Bertz CT molecular complexity index is 245. The number of hydrogen-bond acceptors (Lipinski definition) is 5. The summed E-state index contributed by atoms with van der Waals surface area (Å²) in [4.78, 5) is 23.9. The van der Waals surface area contributed by atoms with Gasteiger partial charge < -0.3 is 19.1 Å². The fourth-order valence-electron chi connectivity index (χ4n) is 1.16. The van der Waals surface area contributed by atoms with E-state index in [0.29, 0.717) is 13.2 Å². The zero-order chi connectivity index (χ0) is 13.8. The zero-order valence-corrected chi connectivity index (χ0v) is 11.4. The summed E-state index contributed by atoms with van der Waals surface area (Å²) in [5.74, 6) is -0.419. The molecule has 0 atom stereocenters. The van der Waals surface area contributed by atoms with E-state index in [1.807, 2.05) is 0 Å². The smallest absolute Gasteiger partial charge is 0.410 e. The van der Waals surface area contributed by atoms with Crippen LogP contribution in [0, 0.1) is 0 Å². The van der Waals surface area contributed by atoms with Crippen molar-refractivity contribution in [3.8, 4) is 0 Å². The lowest BCUT2D eigenvalue weighted by atomic mass is 10.3. The summed E-state index contributed by atoms with van der Waals surface area (Å²) in [7, 11) is 3.01. The van der Waals surface area contributed by atoms with E-state index in [-0.39, 0.29) is 13.2 Å². The maximum Gasteiger partial charge on any atom is 0.410 e. The van der Waals surface area contributed by atoms with Gasteiger partial charge in [0.05, 0.1) is 13.2 Å². The van der Waals surface area contributed by atoms with Gasteiger partial charge in [0, 0.05) is 14.2 Å². The van der Waals surface area contributed by atoms with Gasteiger partial charge in [0.15, 0.2) is 0 Å². The van der Waals surface area contributed by atoms with E-state index >= 15 is 0 Å². The van der Waals surface area contributed by atoms with Crippen LogP contribution >= 0.6 is 0 Å². The third-order valence-electron chi connectivity index (χ3n) is 2.20. The fraction of sp³-hybridized carbons (Fsp3) is 0.833. The minimum atomic E-state index is -0.558. The molecule has 0 spiro atoms. The monoisotopic (exact) mass is 261 g/mol. The minimum absolute atomic E-state index is 0.0993. The Hall–Kier alpha value is -1.30. The molecule has 0 radical (unpaired) electrons. The normalized spacial score (nSPS) is 9.94. The lowest BCUT2D eigenvalue weighted by molar-refractivity contribution is -0.144. The van der Waals surface area contributed by atoms with Crippen LogP contribution in [0.5, 0.6) is 0 Å². The lowest BCUT2D eigenvalue weighted by Crippen LogP contribution is -2.34. The van der Waals surface area contributed by atoms with Crippen molar-refractivity contribution in [3.63, 3.8) is 0 Å². The third-order valence-corrected chi connectivity index (χ3v) is 2.20. The Labute approximate surface area is 108 Å². The average Bonchev–Trinajstić information content (AvgIpc) is 2.34. The molecule has 1 amide bonds. The molecule has 0 unspecified atom stereocenters. The summed E-state index contributed by atoms with van der Waals surface area (Å²) < 4.78 is 14.6. The second kappa shape index (κ2) is 10.8. The standard InChI is InChI=1S/C12H23NO5/c1-4-5-6-7-17-11(14)10-13(2)12(15)18-9-8-16-3/h4-10H2,1-3H3. The highest BCUT2D eigenvalue weighted by Crippen LogP contribution is 1.96. The van der Waals surface area contributed by atoms with Crippen molar-refractivity contribution < 1.29 is 23.8 Å². The summed E-state index contributed by atoms with van der Waals surface area (Å²) in [5, 5.41) is 0. The largest absolute Gasteiger partial charge is 0.464 e. The van der Waals surface area contributed by atoms with Gasteiger partial charge in [-0.15, -0.1) is 0 Å². The molecule has 6 nitrogen and oxygen atoms in total. The molecule has 0 aliphatic rings. The first-order valence-corrected chi connectivity index (χ1v) is 6.14. The second-order valence-electron chi connectivity index (χ2n) is 3.89. The van der Waals surface area contributed by atoms with Crippen molar-refractivity contribution in [1.82, 2.24) is 4.90 Å². The predicted molar refractivity (Wildman–Crippen MR) is 66.3 cm³/mol. The number of unbranched alkanes of at least 4 members (excludes halogenated alkanes) is 2. The summed E-state index contributed by atoms with van der Waals surface area (Å²) in [6, 6.07) is 0. The Morgan fingerprint density at radius 1 is 1.06 bits per heavy atom. The van der Waals surface area contributed by atoms with Gasteiger partial charge in [0.2, 0.25) is 0 Å². The Balaban J connectivity index is 3.68. The molecule has 18 heavy (non-hydrogen) atoms. The molecule has 0 N–H and O–H groups in total. The molecule has 0 fully saturated rings. The van der Waals surface area contributed by atoms with Crippen molar-refractivity contribution in [2.24, 2.45) is 0 Å². The second-order valence-corrected chi connectivity index (χ2v) is 3.89. The summed E-state index contributed by atoms with van der Waals surface area (Å²) in [6.07, 6.45) is 2.40. The maximum atomic E-state index is 11.4. The molecule has 106 valence electrons. The molecular weight excluding hydrogens is 238 g/mol. The molecule has 0 aliphatic heterocycles. The zero-order valence-electron chi connectivity index (χ0n) is 11.4. The van der Waals surface area contributed by atoms with Gasteiger partial charge in [-0.3, -0.25) is 4.79 Å². The average molecular weight is 261 g/mol. The fourth-order valence-corrected chi connectivity index (χ4v) is 1.16.